The Morgan fingerprint density at radius 2 is 2.33 bits per heavy atom. The summed E-state index contributed by atoms with van der Waals surface area (Å²) < 4.78 is 1.88. The molecule has 0 radical (unpaired) electrons. The molecule has 1 amide bonds. The first kappa shape index (κ1) is 12.6. The van der Waals surface area contributed by atoms with E-state index in [0.717, 1.165) is 16.4 Å². The van der Waals surface area contributed by atoms with Crippen LogP contribution in [0.2, 0.25) is 0 Å². The Balaban J connectivity index is 2.13. The van der Waals surface area contributed by atoms with Crippen LogP contribution in [0.25, 0.3) is 0 Å². The standard InChI is InChI=1S/C12H14N4OS/c1-9(18-12-15-14-7-16(12)2)10-4-3-5-11(6-10)13-8-17/h3-9H,1-2H3,(H,13,17). The van der Waals surface area contributed by atoms with Crippen LogP contribution in [0.15, 0.2) is 35.7 Å². The van der Waals surface area contributed by atoms with Gasteiger partial charge in [-0.15, -0.1) is 10.2 Å². The van der Waals surface area contributed by atoms with Crippen LogP contribution in [0.1, 0.15) is 17.7 Å². The minimum absolute atomic E-state index is 0.237. The van der Waals surface area contributed by atoms with Gasteiger partial charge in [-0.05, 0) is 24.6 Å². The van der Waals surface area contributed by atoms with Crippen molar-refractivity contribution in [3.05, 3.63) is 36.2 Å². The zero-order valence-electron chi connectivity index (χ0n) is 10.2. The van der Waals surface area contributed by atoms with E-state index in [0.29, 0.717) is 6.41 Å². The summed E-state index contributed by atoms with van der Waals surface area (Å²) in [5, 5.41) is 11.7. The Hall–Kier alpha value is -1.82. The fraction of sp³-hybridized carbons (Fsp3) is 0.250. The lowest BCUT2D eigenvalue weighted by Crippen LogP contribution is -1.97. The number of nitrogens with one attached hydrogen (secondary N) is 1. The van der Waals surface area contributed by atoms with Gasteiger partial charge in [-0.1, -0.05) is 23.9 Å². The number of benzene rings is 1. The summed E-state index contributed by atoms with van der Waals surface area (Å²) >= 11 is 1.63. The third kappa shape index (κ3) is 2.89. The van der Waals surface area contributed by atoms with Gasteiger partial charge in [0, 0.05) is 18.0 Å². The molecule has 1 aromatic heterocycles. The van der Waals surface area contributed by atoms with Gasteiger partial charge < -0.3 is 9.88 Å². The maximum atomic E-state index is 10.4. The van der Waals surface area contributed by atoms with Crippen molar-refractivity contribution in [1.82, 2.24) is 14.8 Å². The van der Waals surface area contributed by atoms with Crippen LogP contribution in [-0.4, -0.2) is 21.2 Å². The summed E-state index contributed by atoms with van der Waals surface area (Å²) in [6, 6.07) is 7.78. The monoisotopic (exact) mass is 262 g/mol. The second kappa shape index (κ2) is 5.68. The summed E-state index contributed by atoms with van der Waals surface area (Å²) in [4.78, 5) is 10.4. The molecule has 0 aliphatic heterocycles. The molecule has 6 heteroatoms. The third-order valence-electron chi connectivity index (χ3n) is 2.53. The average molecular weight is 262 g/mol. The Morgan fingerprint density at radius 3 is 3.00 bits per heavy atom. The first-order valence-corrected chi connectivity index (χ1v) is 6.39. The normalized spacial score (nSPS) is 12.1. The number of hydrogen-bond acceptors (Lipinski definition) is 4. The lowest BCUT2D eigenvalue weighted by molar-refractivity contribution is -0.105. The molecule has 2 rings (SSSR count). The fourth-order valence-corrected chi connectivity index (χ4v) is 2.46. The number of nitrogens with zero attached hydrogens (tertiary/aromatic N) is 3. The molecular weight excluding hydrogens is 248 g/mol. The molecule has 0 bridgehead atoms. The van der Waals surface area contributed by atoms with Crippen molar-refractivity contribution in [1.29, 1.82) is 0 Å². The predicted octanol–water partition coefficient (Wildman–Crippen LogP) is 2.24. The van der Waals surface area contributed by atoms with Crippen molar-refractivity contribution in [3.63, 3.8) is 0 Å². The van der Waals surface area contributed by atoms with Gasteiger partial charge in [0.1, 0.15) is 6.33 Å². The Morgan fingerprint density at radius 1 is 1.50 bits per heavy atom. The first-order valence-electron chi connectivity index (χ1n) is 5.51. The van der Waals surface area contributed by atoms with E-state index < -0.39 is 0 Å². The van der Waals surface area contributed by atoms with E-state index in [4.69, 9.17) is 0 Å². The highest BCUT2D eigenvalue weighted by molar-refractivity contribution is 7.99. The number of aryl methyl sites for hydroxylation is 1. The second-order valence-corrected chi connectivity index (χ2v) is 5.18. The van der Waals surface area contributed by atoms with Crippen LogP contribution in [0.3, 0.4) is 0 Å². The summed E-state index contributed by atoms with van der Waals surface area (Å²) in [5.41, 5.74) is 1.93. The maximum Gasteiger partial charge on any atom is 0.211 e. The zero-order valence-corrected chi connectivity index (χ0v) is 11.0. The number of aromatic nitrogens is 3. The van der Waals surface area contributed by atoms with Gasteiger partial charge in [0.2, 0.25) is 6.41 Å². The largest absolute Gasteiger partial charge is 0.329 e. The van der Waals surface area contributed by atoms with E-state index in [9.17, 15) is 4.79 Å². The van der Waals surface area contributed by atoms with Crippen LogP contribution < -0.4 is 5.32 Å². The molecular formula is C12H14N4OS. The quantitative estimate of drug-likeness (QED) is 0.663. The molecule has 2 aromatic rings. The van der Waals surface area contributed by atoms with Crippen molar-refractivity contribution in [3.8, 4) is 0 Å². The Labute approximate surface area is 110 Å². The van der Waals surface area contributed by atoms with Crippen LogP contribution in [0, 0.1) is 0 Å². The number of hydrogen-bond donors (Lipinski definition) is 1. The van der Waals surface area contributed by atoms with E-state index in [1.54, 1.807) is 18.1 Å². The number of amides is 1. The van der Waals surface area contributed by atoms with E-state index in [2.05, 4.69) is 22.4 Å². The van der Waals surface area contributed by atoms with Crippen LogP contribution in [0.4, 0.5) is 5.69 Å². The smallest absolute Gasteiger partial charge is 0.211 e. The number of carbonyl (C=O) groups is 1. The molecule has 1 unspecified atom stereocenters. The van der Waals surface area contributed by atoms with Gasteiger partial charge in [0.05, 0.1) is 0 Å². The van der Waals surface area contributed by atoms with E-state index >= 15 is 0 Å². The molecule has 0 saturated carbocycles. The highest BCUT2D eigenvalue weighted by Crippen LogP contribution is 2.33. The molecule has 0 spiro atoms. The molecule has 1 aromatic carbocycles. The lowest BCUT2D eigenvalue weighted by Gasteiger charge is -2.11. The highest BCUT2D eigenvalue weighted by atomic mass is 32.2. The van der Waals surface area contributed by atoms with Gasteiger partial charge in [-0.2, -0.15) is 0 Å². The molecule has 1 atom stereocenters. The molecule has 5 nitrogen and oxygen atoms in total. The van der Waals surface area contributed by atoms with Crippen LogP contribution in [-0.2, 0) is 11.8 Å². The van der Waals surface area contributed by atoms with Crippen molar-refractivity contribution >= 4 is 23.9 Å². The second-order valence-electron chi connectivity index (χ2n) is 3.87. The van der Waals surface area contributed by atoms with Crippen LogP contribution in [0.5, 0.6) is 0 Å². The Kier molecular flexibility index (Phi) is 3.99. The van der Waals surface area contributed by atoms with Gasteiger partial charge in [0.15, 0.2) is 5.16 Å². The summed E-state index contributed by atoms with van der Waals surface area (Å²) in [7, 11) is 1.92. The molecule has 94 valence electrons. The first-order chi connectivity index (χ1) is 8.70. The number of thioether (sulfide) groups is 1. The third-order valence-corrected chi connectivity index (χ3v) is 3.74. The predicted molar refractivity (Wildman–Crippen MR) is 71.4 cm³/mol. The minimum Gasteiger partial charge on any atom is -0.329 e. The van der Waals surface area contributed by atoms with E-state index in [1.807, 2.05) is 35.9 Å². The molecule has 0 aliphatic rings. The van der Waals surface area contributed by atoms with Crippen molar-refractivity contribution in [2.24, 2.45) is 7.05 Å². The highest BCUT2D eigenvalue weighted by Gasteiger charge is 2.11. The average Bonchev–Trinajstić information content (AvgIpc) is 2.76. The summed E-state index contributed by atoms with van der Waals surface area (Å²) in [6.45, 7) is 2.10. The SMILES string of the molecule is CC(Sc1nncn1C)c1cccc(NC=O)c1. The van der Waals surface area contributed by atoms with E-state index in [-0.39, 0.29) is 5.25 Å². The maximum absolute atomic E-state index is 10.4. The van der Waals surface area contributed by atoms with Crippen molar-refractivity contribution in [2.45, 2.75) is 17.3 Å². The van der Waals surface area contributed by atoms with Gasteiger partial charge in [0.25, 0.3) is 0 Å². The van der Waals surface area contributed by atoms with E-state index in [1.165, 1.54) is 0 Å². The molecule has 18 heavy (non-hydrogen) atoms. The number of anilines is 1. The molecule has 0 fully saturated rings. The summed E-state index contributed by atoms with van der Waals surface area (Å²) in [6.07, 6.45) is 2.36. The minimum atomic E-state index is 0.237. The topological polar surface area (TPSA) is 59.8 Å². The number of carbonyl (C=O) groups excluding carboxylic acids is 1. The van der Waals surface area contributed by atoms with Gasteiger partial charge in [-0.25, -0.2) is 0 Å². The van der Waals surface area contributed by atoms with Gasteiger partial charge in [-0.3, -0.25) is 4.79 Å². The molecule has 0 aliphatic carbocycles. The molecule has 0 saturated heterocycles. The summed E-state index contributed by atoms with van der Waals surface area (Å²) in [5.74, 6) is 0. The van der Waals surface area contributed by atoms with Crippen molar-refractivity contribution in [2.75, 3.05) is 5.32 Å². The van der Waals surface area contributed by atoms with Gasteiger partial charge >= 0.3 is 0 Å². The fourth-order valence-electron chi connectivity index (χ4n) is 1.55. The molecule has 1 heterocycles. The zero-order chi connectivity index (χ0) is 13.0. The lowest BCUT2D eigenvalue weighted by atomic mass is 10.1. The molecule has 1 N–H and O–H groups in total. The van der Waals surface area contributed by atoms with Crippen molar-refractivity contribution < 1.29 is 4.79 Å². The Bertz CT molecular complexity index is 540. The number of rotatable bonds is 5. The van der Waals surface area contributed by atoms with Crippen LogP contribution >= 0.6 is 11.8 Å².